The van der Waals surface area contributed by atoms with Crippen LogP contribution in [-0.2, 0) is 28.5 Å². The molecule has 0 aromatic heterocycles. The molecule has 1 saturated heterocycles. The number of fused-ring (bicyclic) bond motifs is 2. The lowest BCUT2D eigenvalue weighted by Crippen LogP contribution is -2.70. The third-order valence-corrected chi connectivity index (χ3v) is 5.53. The van der Waals surface area contributed by atoms with Gasteiger partial charge in [-0.25, -0.2) is 0 Å². The van der Waals surface area contributed by atoms with Crippen molar-refractivity contribution in [1.82, 2.24) is 0 Å². The Balaban J connectivity index is 2.06. The molecule has 0 unspecified atom stereocenters. The van der Waals surface area contributed by atoms with Crippen molar-refractivity contribution in [2.24, 2.45) is 17.3 Å². The third-order valence-electron chi connectivity index (χ3n) is 5.53. The molecule has 138 valence electrons. The quantitative estimate of drug-likeness (QED) is 0.559. The van der Waals surface area contributed by atoms with Gasteiger partial charge in [0, 0.05) is 32.7 Å². The number of carbonyl (C=O) groups is 1. The van der Waals surface area contributed by atoms with Gasteiger partial charge in [-0.1, -0.05) is 13.8 Å². The SMILES string of the molecule is COC1(OC)C(=O)[C@@]2(OC)C=C(C3OCC(C)(C)CO3)[C@H]1C[C@H]2C#N. The van der Waals surface area contributed by atoms with Gasteiger partial charge in [0.15, 0.2) is 11.9 Å². The summed E-state index contributed by atoms with van der Waals surface area (Å²) in [5, 5.41) is 9.55. The number of carbonyl (C=O) groups excluding carboxylic acids is 1. The maximum absolute atomic E-state index is 13.2. The van der Waals surface area contributed by atoms with E-state index in [4.69, 9.17) is 23.7 Å². The highest BCUT2D eigenvalue weighted by molar-refractivity contribution is 5.99. The molecule has 25 heavy (non-hydrogen) atoms. The summed E-state index contributed by atoms with van der Waals surface area (Å²) in [7, 11) is 4.27. The van der Waals surface area contributed by atoms with Crippen LogP contribution in [0.15, 0.2) is 11.6 Å². The number of hydrogen-bond donors (Lipinski definition) is 0. The highest BCUT2D eigenvalue weighted by Crippen LogP contribution is 2.54. The van der Waals surface area contributed by atoms with Crippen LogP contribution < -0.4 is 0 Å². The second kappa shape index (κ2) is 6.15. The van der Waals surface area contributed by atoms with E-state index in [0.717, 1.165) is 5.57 Å². The van der Waals surface area contributed by atoms with Crippen molar-refractivity contribution in [3.8, 4) is 6.07 Å². The summed E-state index contributed by atoms with van der Waals surface area (Å²) in [4.78, 5) is 13.2. The second-order valence-electron chi connectivity index (χ2n) is 7.63. The molecule has 0 N–H and O–H groups in total. The van der Waals surface area contributed by atoms with Gasteiger partial charge in [-0.05, 0) is 18.1 Å². The fourth-order valence-electron chi connectivity index (χ4n) is 4.14. The Kier molecular flexibility index (Phi) is 4.55. The fraction of sp³-hybridized carbons (Fsp3) is 0.778. The second-order valence-corrected chi connectivity index (χ2v) is 7.63. The number of ether oxygens (including phenoxy) is 5. The van der Waals surface area contributed by atoms with E-state index in [9.17, 15) is 10.1 Å². The fourth-order valence-corrected chi connectivity index (χ4v) is 4.14. The summed E-state index contributed by atoms with van der Waals surface area (Å²) >= 11 is 0. The molecule has 1 heterocycles. The van der Waals surface area contributed by atoms with Crippen LogP contribution in [0.2, 0.25) is 0 Å². The van der Waals surface area contributed by atoms with Crippen LogP contribution in [0.25, 0.3) is 0 Å². The first-order chi connectivity index (χ1) is 11.8. The average Bonchev–Trinajstić information content (AvgIpc) is 2.62. The molecule has 4 rings (SSSR count). The molecule has 0 aromatic carbocycles. The molecule has 1 saturated carbocycles. The van der Waals surface area contributed by atoms with Gasteiger partial charge in [-0.15, -0.1) is 0 Å². The van der Waals surface area contributed by atoms with Crippen LogP contribution in [0.3, 0.4) is 0 Å². The van der Waals surface area contributed by atoms with Crippen LogP contribution >= 0.6 is 0 Å². The first-order valence-electron chi connectivity index (χ1n) is 8.36. The maximum Gasteiger partial charge on any atom is 0.238 e. The molecule has 2 fully saturated rings. The molecule has 0 radical (unpaired) electrons. The Bertz CT molecular complexity index is 622. The van der Waals surface area contributed by atoms with Gasteiger partial charge in [0.25, 0.3) is 0 Å². The summed E-state index contributed by atoms with van der Waals surface area (Å²) in [6.07, 6.45) is 1.46. The summed E-state index contributed by atoms with van der Waals surface area (Å²) in [6, 6.07) is 2.20. The van der Waals surface area contributed by atoms with Crippen molar-refractivity contribution in [1.29, 1.82) is 5.26 Å². The molecular weight excluding hydrogens is 326 g/mol. The largest absolute Gasteiger partial charge is 0.365 e. The molecular formula is C18H25NO6. The molecule has 0 aromatic rings. The Morgan fingerprint density at radius 3 is 2.24 bits per heavy atom. The lowest BCUT2D eigenvalue weighted by molar-refractivity contribution is -0.268. The van der Waals surface area contributed by atoms with Crippen LogP contribution in [0, 0.1) is 28.6 Å². The number of hydrogen-bond acceptors (Lipinski definition) is 7. The van der Waals surface area contributed by atoms with Gasteiger partial charge >= 0.3 is 0 Å². The highest BCUT2D eigenvalue weighted by Gasteiger charge is 2.68. The van der Waals surface area contributed by atoms with Crippen LogP contribution in [0.5, 0.6) is 0 Å². The van der Waals surface area contributed by atoms with Crippen molar-refractivity contribution in [2.75, 3.05) is 34.5 Å². The van der Waals surface area contributed by atoms with Crippen molar-refractivity contribution >= 4 is 5.78 Å². The minimum Gasteiger partial charge on any atom is -0.365 e. The zero-order valence-corrected chi connectivity index (χ0v) is 15.3. The number of rotatable bonds is 4. The van der Waals surface area contributed by atoms with Crippen LogP contribution in [0.4, 0.5) is 0 Å². The van der Waals surface area contributed by atoms with Gasteiger partial charge < -0.3 is 23.7 Å². The van der Waals surface area contributed by atoms with Crippen LogP contribution in [-0.4, -0.2) is 58.0 Å². The Morgan fingerprint density at radius 2 is 1.76 bits per heavy atom. The number of nitriles is 1. The van der Waals surface area contributed by atoms with Gasteiger partial charge in [0.2, 0.25) is 11.6 Å². The average molecular weight is 351 g/mol. The summed E-state index contributed by atoms with van der Waals surface area (Å²) < 4.78 is 28.5. The van der Waals surface area contributed by atoms with E-state index < -0.39 is 35.3 Å². The predicted molar refractivity (Wildman–Crippen MR) is 86.3 cm³/mol. The monoisotopic (exact) mass is 351 g/mol. The lowest BCUT2D eigenvalue weighted by Gasteiger charge is -2.55. The highest BCUT2D eigenvalue weighted by atomic mass is 16.7. The Morgan fingerprint density at radius 1 is 1.16 bits per heavy atom. The molecule has 4 aliphatic rings. The van der Waals surface area contributed by atoms with Crippen molar-refractivity contribution in [3.63, 3.8) is 0 Å². The molecule has 7 heteroatoms. The molecule has 0 spiro atoms. The third kappa shape index (κ3) is 2.47. The number of methoxy groups -OCH3 is 3. The van der Waals surface area contributed by atoms with Crippen LogP contribution in [0.1, 0.15) is 20.3 Å². The topological polar surface area (TPSA) is 87.0 Å². The number of ketones is 1. The first-order valence-corrected chi connectivity index (χ1v) is 8.36. The molecule has 3 atom stereocenters. The van der Waals surface area contributed by atoms with E-state index >= 15 is 0 Å². The molecule has 1 aliphatic heterocycles. The maximum atomic E-state index is 13.2. The Hall–Kier alpha value is -1.30. The van der Waals surface area contributed by atoms with Gasteiger partial charge in [0.1, 0.15) is 0 Å². The standard InChI is InChI=1S/C18H25NO6/c1-16(2)9-24-14(25-10-16)12-7-17(21-3)11(8-19)6-13(12)18(22-4,23-5)15(17)20/h7,11,13-14H,6,9-10H2,1-5H3/t11-,13+,17+/m0/s1. The van der Waals surface area contributed by atoms with Crippen molar-refractivity contribution in [3.05, 3.63) is 11.6 Å². The molecule has 0 amide bonds. The Labute approximate surface area is 147 Å². The normalized spacial score (nSPS) is 36.8. The van der Waals surface area contributed by atoms with Gasteiger partial charge in [-0.2, -0.15) is 5.26 Å². The predicted octanol–water partition coefficient (Wildman–Crippen LogP) is 1.43. The molecule has 2 bridgehead atoms. The van der Waals surface area contributed by atoms with E-state index in [1.165, 1.54) is 21.3 Å². The van der Waals surface area contributed by atoms with Crippen molar-refractivity contribution < 1.29 is 28.5 Å². The van der Waals surface area contributed by atoms with E-state index in [1.54, 1.807) is 6.08 Å². The van der Waals surface area contributed by atoms with E-state index in [-0.39, 0.29) is 5.41 Å². The number of nitrogens with zero attached hydrogens (tertiary/aromatic N) is 1. The molecule has 7 nitrogen and oxygen atoms in total. The van der Waals surface area contributed by atoms with Crippen molar-refractivity contribution in [2.45, 2.75) is 37.9 Å². The summed E-state index contributed by atoms with van der Waals surface area (Å²) in [5.41, 5.74) is -0.758. The van der Waals surface area contributed by atoms with E-state index in [2.05, 4.69) is 19.9 Å². The zero-order valence-electron chi connectivity index (χ0n) is 15.3. The van der Waals surface area contributed by atoms with Gasteiger partial charge in [0.05, 0.1) is 25.2 Å². The zero-order chi connectivity index (χ0) is 18.5. The smallest absolute Gasteiger partial charge is 0.238 e. The summed E-state index contributed by atoms with van der Waals surface area (Å²) in [5.74, 6) is -2.98. The minimum absolute atomic E-state index is 0.0751. The van der Waals surface area contributed by atoms with E-state index in [0.29, 0.717) is 19.6 Å². The lowest BCUT2D eigenvalue weighted by atomic mass is 9.59. The van der Waals surface area contributed by atoms with Gasteiger partial charge in [-0.3, -0.25) is 4.79 Å². The number of Topliss-reactive ketones (excluding diaryl/α,β-unsaturated/α-hetero) is 1. The minimum atomic E-state index is -1.51. The first kappa shape index (κ1) is 18.5. The molecule has 3 aliphatic carbocycles. The van der Waals surface area contributed by atoms with E-state index in [1.807, 2.05) is 0 Å². The summed E-state index contributed by atoms with van der Waals surface area (Å²) in [6.45, 7) is 5.19.